The van der Waals surface area contributed by atoms with E-state index in [4.69, 9.17) is 5.11 Å². The Hall–Kier alpha value is -1.81. The van der Waals surface area contributed by atoms with Gasteiger partial charge in [0.15, 0.2) is 0 Å². The van der Waals surface area contributed by atoms with Crippen molar-refractivity contribution in [1.29, 1.82) is 0 Å². The van der Waals surface area contributed by atoms with Crippen molar-refractivity contribution in [3.05, 3.63) is 58.1 Å². The highest BCUT2D eigenvalue weighted by atomic mass is 79.9. The van der Waals surface area contributed by atoms with Gasteiger partial charge in [-0.1, -0.05) is 33.6 Å². The second-order valence-corrected chi connectivity index (χ2v) is 5.60. The second kappa shape index (κ2) is 6.57. The molecule has 2 aromatic rings. The number of carboxylic acid groups (broad SMARTS) is 1. The van der Waals surface area contributed by atoms with Gasteiger partial charge in [-0.3, -0.25) is 4.79 Å². The number of benzene rings is 2. The Balaban J connectivity index is 2.21. The van der Waals surface area contributed by atoms with Gasteiger partial charge in [0.25, 0.3) is 0 Å². The van der Waals surface area contributed by atoms with E-state index in [9.17, 15) is 4.79 Å². The molecule has 0 spiro atoms. The third-order valence-electron chi connectivity index (χ3n) is 2.99. The van der Waals surface area contributed by atoms with Gasteiger partial charge in [-0.15, -0.1) is 0 Å². The molecule has 2 N–H and O–H groups in total. The van der Waals surface area contributed by atoms with Crippen molar-refractivity contribution >= 4 is 33.3 Å². The van der Waals surface area contributed by atoms with Crippen LogP contribution in [-0.4, -0.2) is 11.1 Å². The van der Waals surface area contributed by atoms with Gasteiger partial charge < -0.3 is 10.4 Å². The van der Waals surface area contributed by atoms with E-state index in [1.807, 2.05) is 49.4 Å². The van der Waals surface area contributed by atoms with Crippen molar-refractivity contribution in [2.75, 3.05) is 5.32 Å². The third kappa shape index (κ3) is 4.10. The van der Waals surface area contributed by atoms with Crippen molar-refractivity contribution < 1.29 is 9.90 Å². The Morgan fingerprint density at radius 3 is 2.55 bits per heavy atom. The van der Waals surface area contributed by atoms with Gasteiger partial charge in [-0.2, -0.15) is 0 Å². The predicted octanol–water partition coefficient (Wildman–Crippen LogP) is 4.52. The zero-order chi connectivity index (χ0) is 14.5. The van der Waals surface area contributed by atoms with Crippen LogP contribution in [0.1, 0.15) is 17.5 Å². The maximum atomic E-state index is 10.7. The summed E-state index contributed by atoms with van der Waals surface area (Å²) in [5.41, 5.74) is 4.09. The molecule has 4 heteroatoms. The fourth-order valence-electron chi connectivity index (χ4n) is 1.98. The van der Waals surface area contributed by atoms with Crippen LogP contribution in [0.5, 0.6) is 0 Å². The number of nitrogens with one attached hydrogen (secondary N) is 1. The lowest BCUT2D eigenvalue weighted by atomic mass is 10.0. The molecule has 0 aliphatic heterocycles. The summed E-state index contributed by atoms with van der Waals surface area (Å²) in [5.74, 6) is -0.777. The van der Waals surface area contributed by atoms with E-state index in [1.165, 1.54) is 0 Å². The van der Waals surface area contributed by atoms with E-state index in [-0.39, 0.29) is 6.42 Å². The molecule has 104 valence electrons. The fraction of sp³-hybridized carbons (Fsp3) is 0.188. The SMILES string of the molecule is Cc1ccc(Nc2ccc(Br)cc2)c(CCC(=O)O)c1. The molecule has 0 aliphatic carbocycles. The Morgan fingerprint density at radius 1 is 1.20 bits per heavy atom. The van der Waals surface area contributed by atoms with Gasteiger partial charge in [0.2, 0.25) is 0 Å². The smallest absolute Gasteiger partial charge is 0.303 e. The summed E-state index contributed by atoms with van der Waals surface area (Å²) >= 11 is 3.40. The second-order valence-electron chi connectivity index (χ2n) is 4.69. The molecule has 0 fully saturated rings. The minimum absolute atomic E-state index is 0.137. The zero-order valence-corrected chi connectivity index (χ0v) is 12.8. The molecule has 0 aliphatic rings. The Kier molecular flexibility index (Phi) is 4.79. The maximum Gasteiger partial charge on any atom is 0.303 e. The average Bonchev–Trinajstić information content (AvgIpc) is 2.41. The van der Waals surface area contributed by atoms with Gasteiger partial charge in [-0.05, 0) is 49.2 Å². The van der Waals surface area contributed by atoms with E-state index in [0.717, 1.165) is 27.0 Å². The summed E-state index contributed by atoms with van der Waals surface area (Å²) in [5, 5.41) is 12.2. The molecule has 0 unspecified atom stereocenters. The number of aryl methyl sites for hydroxylation is 2. The highest BCUT2D eigenvalue weighted by molar-refractivity contribution is 9.10. The summed E-state index contributed by atoms with van der Waals surface area (Å²) in [7, 11) is 0. The highest BCUT2D eigenvalue weighted by Crippen LogP contribution is 2.24. The normalized spacial score (nSPS) is 10.3. The first kappa shape index (κ1) is 14.6. The minimum Gasteiger partial charge on any atom is -0.481 e. The van der Waals surface area contributed by atoms with Crippen LogP contribution in [0.4, 0.5) is 11.4 Å². The van der Waals surface area contributed by atoms with Crippen LogP contribution in [0, 0.1) is 6.92 Å². The summed E-state index contributed by atoms with van der Waals surface area (Å²) in [6.07, 6.45) is 0.661. The van der Waals surface area contributed by atoms with Crippen LogP contribution < -0.4 is 5.32 Å². The monoisotopic (exact) mass is 333 g/mol. The number of anilines is 2. The number of carboxylic acids is 1. The predicted molar refractivity (Wildman–Crippen MR) is 84.6 cm³/mol. The molecular weight excluding hydrogens is 318 g/mol. The molecule has 0 radical (unpaired) electrons. The topological polar surface area (TPSA) is 49.3 Å². The van der Waals surface area contributed by atoms with Crippen LogP contribution in [-0.2, 0) is 11.2 Å². The van der Waals surface area contributed by atoms with Gasteiger partial charge in [-0.25, -0.2) is 0 Å². The van der Waals surface area contributed by atoms with Crippen molar-refractivity contribution in [3.8, 4) is 0 Å². The molecule has 0 saturated carbocycles. The third-order valence-corrected chi connectivity index (χ3v) is 3.52. The fourth-order valence-corrected chi connectivity index (χ4v) is 2.25. The molecule has 0 aromatic heterocycles. The van der Waals surface area contributed by atoms with Crippen molar-refractivity contribution in [3.63, 3.8) is 0 Å². The molecule has 0 bridgehead atoms. The van der Waals surface area contributed by atoms with Crippen molar-refractivity contribution in [1.82, 2.24) is 0 Å². The van der Waals surface area contributed by atoms with E-state index < -0.39 is 5.97 Å². The Bertz CT molecular complexity index is 608. The van der Waals surface area contributed by atoms with Crippen LogP contribution >= 0.6 is 15.9 Å². The van der Waals surface area contributed by atoms with Gasteiger partial charge in [0.1, 0.15) is 0 Å². The van der Waals surface area contributed by atoms with E-state index >= 15 is 0 Å². The number of rotatable bonds is 5. The molecular formula is C16H16BrNO2. The van der Waals surface area contributed by atoms with Crippen LogP contribution in [0.25, 0.3) is 0 Å². The molecule has 3 nitrogen and oxygen atoms in total. The number of hydrogen-bond acceptors (Lipinski definition) is 2. The largest absolute Gasteiger partial charge is 0.481 e. The number of carbonyl (C=O) groups is 1. The van der Waals surface area contributed by atoms with Crippen LogP contribution in [0.15, 0.2) is 46.9 Å². The molecule has 2 aromatic carbocycles. The summed E-state index contributed by atoms with van der Waals surface area (Å²) < 4.78 is 1.03. The molecule has 20 heavy (non-hydrogen) atoms. The number of aliphatic carboxylic acids is 1. The van der Waals surface area contributed by atoms with Crippen LogP contribution in [0.3, 0.4) is 0 Å². The van der Waals surface area contributed by atoms with E-state index in [0.29, 0.717) is 6.42 Å². The zero-order valence-electron chi connectivity index (χ0n) is 11.2. The molecule has 0 amide bonds. The van der Waals surface area contributed by atoms with Crippen molar-refractivity contribution in [2.24, 2.45) is 0 Å². The minimum atomic E-state index is -0.777. The van der Waals surface area contributed by atoms with E-state index in [1.54, 1.807) is 0 Å². The highest BCUT2D eigenvalue weighted by Gasteiger charge is 2.06. The quantitative estimate of drug-likeness (QED) is 0.845. The lowest BCUT2D eigenvalue weighted by Crippen LogP contribution is -2.01. The van der Waals surface area contributed by atoms with Gasteiger partial charge in [0.05, 0.1) is 0 Å². The standard InChI is InChI=1S/C16H16BrNO2/c1-11-2-8-15(12(10-11)3-9-16(19)20)18-14-6-4-13(17)5-7-14/h2,4-8,10,18H,3,9H2,1H3,(H,19,20). The summed E-state index contributed by atoms with van der Waals surface area (Å²) in [6, 6.07) is 13.9. The lowest BCUT2D eigenvalue weighted by Gasteiger charge is -2.12. The Morgan fingerprint density at radius 2 is 1.90 bits per heavy atom. The summed E-state index contributed by atoms with van der Waals surface area (Å²) in [6.45, 7) is 2.01. The first-order valence-electron chi connectivity index (χ1n) is 6.38. The van der Waals surface area contributed by atoms with Gasteiger partial charge in [0, 0.05) is 22.3 Å². The number of halogens is 1. The van der Waals surface area contributed by atoms with Crippen molar-refractivity contribution in [2.45, 2.75) is 19.8 Å². The average molecular weight is 334 g/mol. The van der Waals surface area contributed by atoms with Gasteiger partial charge >= 0.3 is 5.97 Å². The van der Waals surface area contributed by atoms with Crippen LogP contribution in [0.2, 0.25) is 0 Å². The first-order chi connectivity index (χ1) is 9.54. The Labute approximate surface area is 126 Å². The number of hydrogen-bond donors (Lipinski definition) is 2. The van der Waals surface area contributed by atoms with E-state index in [2.05, 4.69) is 21.2 Å². The molecule has 0 heterocycles. The lowest BCUT2D eigenvalue weighted by molar-refractivity contribution is -0.136. The maximum absolute atomic E-state index is 10.7. The molecule has 0 atom stereocenters. The molecule has 0 saturated heterocycles. The first-order valence-corrected chi connectivity index (χ1v) is 7.18. The molecule has 2 rings (SSSR count). The summed E-state index contributed by atoms with van der Waals surface area (Å²) in [4.78, 5) is 10.7.